The Labute approximate surface area is 123 Å². The van der Waals surface area contributed by atoms with Gasteiger partial charge in [-0.15, -0.1) is 0 Å². The molecule has 2 rings (SSSR count). The van der Waals surface area contributed by atoms with E-state index in [0.717, 1.165) is 11.0 Å². The van der Waals surface area contributed by atoms with Crippen LogP contribution in [0.1, 0.15) is 29.8 Å². The Kier molecular flexibility index (Phi) is 5.17. The molecule has 0 saturated carbocycles. The van der Waals surface area contributed by atoms with E-state index in [2.05, 4.69) is 15.9 Å². The standard InChI is InChI=1S/C11H6BrF3N2O.C2H6/c12-9-7(1-6(3-16)2-8(9)13)10(18)17-4-11(14,15)5-17;1-2/h1-2H,4-5H2;1-2H3. The average molecular weight is 349 g/mol. The zero-order valence-electron chi connectivity index (χ0n) is 10.9. The highest BCUT2D eigenvalue weighted by molar-refractivity contribution is 9.10. The number of halogens is 4. The fourth-order valence-electron chi connectivity index (χ4n) is 1.64. The average Bonchev–Trinajstić information content (AvgIpc) is 2.40. The first-order valence-electron chi connectivity index (χ1n) is 5.90. The van der Waals surface area contributed by atoms with E-state index in [0.29, 0.717) is 0 Å². The minimum Gasteiger partial charge on any atom is -0.326 e. The number of nitriles is 1. The highest BCUT2D eigenvalue weighted by atomic mass is 79.9. The summed E-state index contributed by atoms with van der Waals surface area (Å²) in [5.74, 6) is -4.37. The Morgan fingerprint density at radius 3 is 2.40 bits per heavy atom. The monoisotopic (exact) mass is 348 g/mol. The molecule has 0 N–H and O–H groups in total. The number of hydrogen-bond donors (Lipinski definition) is 0. The molecule has 7 heteroatoms. The number of hydrogen-bond acceptors (Lipinski definition) is 2. The third kappa shape index (κ3) is 3.31. The third-order valence-electron chi connectivity index (χ3n) is 2.52. The van der Waals surface area contributed by atoms with Crippen molar-refractivity contribution in [2.24, 2.45) is 0 Å². The van der Waals surface area contributed by atoms with Gasteiger partial charge in [-0.05, 0) is 28.1 Å². The van der Waals surface area contributed by atoms with E-state index in [1.165, 1.54) is 6.07 Å². The molecule has 0 aromatic heterocycles. The molecule has 1 fully saturated rings. The molecular formula is C13H12BrF3N2O. The number of amides is 1. The lowest BCUT2D eigenvalue weighted by molar-refractivity contribution is -0.113. The molecule has 1 aromatic rings. The van der Waals surface area contributed by atoms with Gasteiger partial charge in [0.05, 0.1) is 34.8 Å². The van der Waals surface area contributed by atoms with Gasteiger partial charge in [-0.1, -0.05) is 13.8 Å². The van der Waals surface area contributed by atoms with Crippen LogP contribution in [0.15, 0.2) is 16.6 Å². The van der Waals surface area contributed by atoms with Crippen molar-refractivity contribution < 1.29 is 18.0 Å². The van der Waals surface area contributed by atoms with E-state index in [1.54, 1.807) is 6.07 Å². The van der Waals surface area contributed by atoms with Crippen LogP contribution in [-0.4, -0.2) is 29.8 Å². The maximum Gasteiger partial charge on any atom is 0.282 e. The Morgan fingerprint density at radius 1 is 1.40 bits per heavy atom. The number of benzene rings is 1. The lowest BCUT2D eigenvalue weighted by Gasteiger charge is -2.38. The fraction of sp³-hybridized carbons (Fsp3) is 0.385. The van der Waals surface area contributed by atoms with Crippen molar-refractivity contribution in [1.82, 2.24) is 4.90 Å². The summed E-state index contributed by atoms with van der Waals surface area (Å²) < 4.78 is 38.6. The van der Waals surface area contributed by atoms with Crippen molar-refractivity contribution in [2.45, 2.75) is 19.8 Å². The summed E-state index contributed by atoms with van der Waals surface area (Å²) in [6, 6.07) is 3.84. The fourth-order valence-corrected chi connectivity index (χ4v) is 2.03. The maximum absolute atomic E-state index is 13.4. The summed E-state index contributed by atoms with van der Waals surface area (Å²) in [4.78, 5) is 12.7. The van der Waals surface area contributed by atoms with Gasteiger partial charge in [0.15, 0.2) is 0 Å². The quantitative estimate of drug-likeness (QED) is 0.778. The molecule has 3 nitrogen and oxygen atoms in total. The molecule has 0 aliphatic carbocycles. The molecule has 1 heterocycles. The number of carbonyl (C=O) groups is 1. The number of carbonyl (C=O) groups excluding carboxylic acids is 1. The molecule has 1 aromatic carbocycles. The summed E-state index contributed by atoms with van der Waals surface area (Å²) in [5.41, 5.74) is -0.159. The molecular weight excluding hydrogens is 337 g/mol. The van der Waals surface area contributed by atoms with Gasteiger partial charge in [-0.2, -0.15) is 5.26 Å². The lowest BCUT2D eigenvalue weighted by Crippen LogP contribution is -2.58. The number of rotatable bonds is 1. The van der Waals surface area contributed by atoms with Gasteiger partial charge >= 0.3 is 0 Å². The maximum atomic E-state index is 13.4. The van der Waals surface area contributed by atoms with E-state index < -0.39 is 30.7 Å². The highest BCUT2D eigenvalue weighted by Gasteiger charge is 2.46. The topological polar surface area (TPSA) is 44.1 Å². The second-order valence-corrected chi connectivity index (χ2v) is 4.74. The molecule has 1 saturated heterocycles. The molecule has 20 heavy (non-hydrogen) atoms. The van der Waals surface area contributed by atoms with Gasteiger partial charge in [0.1, 0.15) is 5.82 Å². The van der Waals surface area contributed by atoms with Crippen molar-refractivity contribution >= 4 is 21.8 Å². The third-order valence-corrected chi connectivity index (χ3v) is 3.33. The second kappa shape index (κ2) is 6.27. The largest absolute Gasteiger partial charge is 0.326 e. The molecule has 0 unspecified atom stereocenters. The van der Waals surface area contributed by atoms with Gasteiger partial charge in [0.2, 0.25) is 0 Å². The molecule has 0 spiro atoms. The van der Waals surface area contributed by atoms with Crippen molar-refractivity contribution in [2.75, 3.05) is 13.1 Å². The number of nitrogens with zero attached hydrogens (tertiary/aromatic N) is 2. The molecule has 0 bridgehead atoms. The van der Waals surface area contributed by atoms with Crippen molar-refractivity contribution in [3.8, 4) is 6.07 Å². The minimum atomic E-state index is -2.88. The van der Waals surface area contributed by atoms with Gasteiger partial charge in [0.25, 0.3) is 11.8 Å². The van der Waals surface area contributed by atoms with Crippen LogP contribution in [0.4, 0.5) is 13.2 Å². The minimum absolute atomic E-state index is 0.0358. The number of alkyl halides is 2. The molecule has 108 valence electrons. The zero-order valence-corrected chi connectivity index (χ0v) is 12.5. The first-order chi connectivity index (χ1) is 9.34. The van der Waals surface area contributed by atoms with E-state index in [9.17, 15) is 18.0 Å². The van der Waals surface area contributed by atoms with Crippen LogP contribution in [0.3, 0.4) is 0 Å². The molecule has 0 atom stereocenters. The van der Waals surface area contributed by atoms with Crippen LogP contribution in [0.5, 0.6) is 0 Å². The van der Waals surface area contributed by atoms with E-state index >= 15 is 0 Å². The lowest BCUT2D eigenvalue weighted by atomic mass is 10.1. The predicted octanol–water partition coefficient (Wildman–Crippen LogP) is 3.58. The Morgan fingerprint density at radius 2 is 1.95 bits per heavy atom. The molecule has 1 aliphatic rings. The second-order valence-electron chi connectivity index (χ2n) is 3.95. The predicted molar refractivity (Wildman–Crippen MR) is 71.0 cm³/mol. The van der Waals surface area contributed by atoms with Gasteiger partial charge in [-0.3, -0.25) is 4.79 Å². The van der Waals surface area contributed by atoms with Crippen LogP contribution in [-0.2, 0) is 0 Å². The van der Waals surface area contributed by atoms with Crippen LogP contribution >= 0.6 is 15.9 Å². The van der Waals surface area contributed by atoms with Gasteiger partial charge < -0.3 is 4.90 Å². The normalized spacial score (nSPS) is 15.6. The van der Waals surface area contributed by atoms with Crippen LogP contribution in [0.25, 0.3) is 0 Å². The van der Waals surface area contributed by atoms with E-state index in [1.807, 2.05) is 13.8 Å². The first-order valence-corrected chi connectivity index (χ1v) is 6.69. The summed E-state index contributed by atoms with van der Waals surface area (Å²) >= 11 is 2.87. The van der Waals surface area contributed by atoms with Crippen LogP contribution < -0.4 is 0 Å². The smallest absolute Gasteiger partial charge is 0.282 e. The van der Waals surface area contributed by atoms with Gasteiger partial charge in [-0.25, -0.2) is 13.2 Å². The first kappa shape index (κ1) is 16.5. The zero-order chi connectivity index (χ0) is 15.5. The van der Waals surface area contributed by atoms with Crippen molar-refractivity contribution in [3.05, 3.63) is 33.5 Å². The van der Waals surface area contributed by atoms with E-state index in [-0.39, 0.29) is 15.6 Å². The summed E-state index contributed by atoms with van der Waals surface area (Å²) in [6.07, 6.45) is 0. The van der Waals surface area contributed by atoms with E-state index in [4.69, 9.17) is 5.26 Å². The molecule has 1 amide bonds. The van der Waals surface area contributed by atoms with Crippen LogP contribution in [0.2, 0.25) is 0 Å². The SMILES string of the molecule is CC.N#Cc1cc(F)c(Br)c(C(=O)N2CC(F)(F)C2)c1. The van der Waals surface area contributed by atoms with Gasteiger partial charge in [0, 0.05) is 0 Å². The Balaban J connectivity index is 0.000000956. The van der Waals surface area contributed by atoms with Crippen molar-refractivity contribution in [3.63, 3.8) is 0 Å². The highest BCUT2D eigenvalue weighted by Crippen LogP contribution is 2.31. The van der Waals surface area contributed by atoms with Crippen molar-refractivity contribution in [1.29, 1.82) is 5.26 Å². The summed E-state index contributed by atoms with van der Waals surface area (Å²) in [7, 11) is 0. The number of likely N-dealkylation sites (tertiary alicyclic amines) is 1. The summed E-state index contributed by atoms with van der Waals surface area (Å²) in [5, 5.41) is 8.68. The molecule has 1 aliphatic heterocycles. The summed E-state index contributed by atoms with van der Waals surface area (Å²) in [6.45, 7) is 2.63. The van der Waals surface area contributed by atoms with Crippen LogP contribution in [0, 0.1) is 17.1 Å². The Hall–Kier alpha value is -1.55. The molecule has 0 radical (unpaired) electrons. The Bertz CT molecular complexity index is 561.